The summed E-state index contributed by atoms with van der Waals surface area (Å²) in [6, 6.07) is 5.86. The lowest BCUT2D eigenvalue weighted by Crippen LogP contribution is -2.50. The summed E-state index contributed by atoms with van der Waals surface area (Å²) in [4.78, 5) is 14.9. The molecule has 1 unspecified atom stereocenters. The zero-order valence-electron chi connectivity index (χ0n) is 17.7. The zero-order valence-corrected chi connectivity index (χ0v) is 19.2. The van der Waals surface area contributed by atoms with Crippen LogP contribution in [0.1, 0.15) is 52.5 Å². The van der Waals surface area contributed by atoms with Gasteiger partial charge in [0.25, 0.3) is 0 Å². The maximum atomic E-state index is 12.3. The minimum absolute atomic E-state index is 0.106. The molecule has 1 aliphatic rings. The van der Waals surface area contributed by atoms with Crippen LogP contribution >= 0.6 is 23.2 Å². The van der Waals surface area contributed by atoms with Crippen molar-refractivity contribution in [2.45, 2.75) is 59.5 Å². The highest BCUT2D eigenvalue weighted by atomic mass is 35.5. The lowest BCUT2D eigenvalue weighted by Gasteiger charge is -2.39. The fraction of sp³-hybridized carbons (Fsp3) is 0.682. The van der Waals surface area contributed by atoms with Crippen molar-refractivity contribution in [1.29, 1.82) is 0 Å². The van der Waals surface area contributed by atoms with Crippen LogP contribution in [-0.2, 0) is 11.3 Å². The number of likely N-dealkylation sites (tertiary alicyclic amines) is 1. The molecule has 2 N–H and O–H groups in total. The van der Waals surface area contributed by atoms with E-state index < -0.39 is 0 Å². The van der Waals surface area contributed by atoms with E-state index in [1.54, 1.807) is 6.07 Å². The van der Waals surface area contributed by atoms with Crippen LogP contribution in [0.4, 0.5) is 0 Å². The van der Waals surface area contributed by atoms with Gasteiger partial charge in [0.1, 0.15) is 0 Å². The summed E-state index contributed by atoms with van der Waals surface area (Å²) >= 11 is 12.0. The molecule has 1 aromatic carbocycles. The Morgan fingerprint density at radius 1 is 1.18 bits per heavy atom. The largest absolute Gasteiger partial charge is 0.352 e. The average molecular weight is 428 g/mol. The molecule has 0 bridgehead atoms. The van der Waals surface area contributed by atoms with Crippen LogP contribution in [-0.4, -0.2) is 43.0 Å². The van der Waals surface area contributed by atoms with E-state index in [-0.39, 0.29) is 11.3 Å². The fourth-order valence-electron chi connectivity index (χ4n) is 3.77. The third kappa shape index (κ3) is 7.90. The summed E-state index contributed by atoms with van der Waals surface area (Å²) in [5, 5.41) is 7.82. The van der Waals surface area contributed by atoms with Crippen LogP contribution in [0, 0.1) is 11.3 Å². The molecule has 158 valence electrons. The molecule has 0 spiro atoms. The molecule has 1 aromatic rings. The van der Waals surface area contributed by atoms with Gasteiger partial charge in [-0.05, 0) is 67.6 Å². The van der Waals surface area contributed by atoms with E-state index in [1.807, 2.05) is 12.1 Å². The minimum atomic E-state index is 0.106. The maximum absolute atomic E-state index is 12.3. The zero-order chi connectivity index (χ0) is 20.7. The second-order valence-corrected chi connectivity index (χ2v) is 9.85. The third-order valence-electron chi connectivity index (χ3n) is 5.53. The molecule has 28 heavy (non-hydrogen) atoms. The number of benzene rings is 1. The van der Waals surface area contributed by atoms with Crippen molar-refractivity contribution >= 4 is 29.1 Å². The molecular formula is C22H35Cl2N3O. The van der Waals surface area contributed by atoms with Gasteiger partial charge in [-0.25, -0.2) is 0 Å². The van der Waals surface area contributed by atoms with Crippen molar-refractivity contribution in [1.82, 2.24) is 15.5 Å². The van der Waals surface area contributed by atoms with Crippen LogP contribution in [0.15, 0.2) is 18.2 Å². The molecule has 1 heterocycles. The SMILES string of the molecule is CCNC(CN1CCC(CC(=O)NCc2cc(Cl)cc(Cl)c2)CC1)C(C)(C)C. The van der Waals surface area contributed by atoms with E-state index in [2.05, 4.69) is 43.2 Å². The van der Waals surface area contributed by atoms with Gasteiger partial charge >= 0.3 is 0 Å². The monoisotopic (exact) mass is 427 g/mol. The van der Waals surface area contributed by atoms with Gasteiger partial charge in [0.05, 0.1) is 0 Å². The Bertz CT molecular complexity index is 617. The topological polar surface area (TPSA) is 44.4 Å². The molecule has 1 amide bonds. The number of nitrogens with zero attached hydrogens (tertiary/aromatic N) is 1. The van der Waals surface area contributed by atoms with Crippen LogP contribution in [0.25, 0.3) is 0 Å². The summed E-state index contributed by atoms with van der Waals surface area (Å²) in [6.45, 7) is 13.7. The number of rotatable bonds is 8. The van der Waals surface area contributed by atoms with E-state index >= 15 is 0 Å². The molecule has 1 atom stereocenters. The molecule has 6 heteroatoms. The van der Waals surface area contributed by atoms with E-state index in [9.17, 15) is 4.79 Å². The average Bonchev–Trinajstić information content (AvgIpc) is 2.59. The second-order valence-electron chi connectivity index (χ2n) is 8.98. The minimum Gasteiger partial charge on any atom is -0.352 e. The second kappa shape index (κ2) is 10.8. The molecule has 0 saturated carbocycles. The molecule has 0 radical (unpaired) electrons. The molecular weight excluding hydrogens is 393 g/mol. The fourth-order valence-corrected chi connectivity index (χ4v) is 4.34. The number of nitrogens with one attached hydrogen (secondary N) is 2. The number of hydrogen-bond donors (Lipinski definition) is 2. The van der Waals surface area contributed by atoms with Crippen molar-refractivity contribution in [2.75, 3.05) is 26.2 Å². The van der Waals surface area contributed by atoms with Crippen molar-refractivity contribution in [3.8, 4) is 0 Å². The smallest absolute Gasteiger partial charge is 0.220 e. The first kappa shape index (κ1) is 23.5. The first-order valence-corrected chi connectivity index (χ1v) is 11.1. The Morgan fingerprint density at radius 2 is 1.79 bits per heavy atom. The van der Waals surface area contributed by atoms with Gasteiger partial charge in [0.15, 0.2) is 0 Å². The molecule has 2 rings (SSSR count). The predicted octanol–water partition coefficient (Wildman–Crippen LogP) is 4.74. The first-order chi connectivity index (χ1) is 13.2. The van der Waals surface area contributed by atoms with Gasteiger partial charge in [-0.3, -0.25) is 4.79 Å². The highest BCUT2D eigenvalue weighted by Gasteiger charge is 2.28. The number of carbonyl (C=O) groups is 1. The Kier molecular flexibility index (Phi) is 9.07. The lowest BCUT2D eigenvalue weighted by molar-refractivity contribution is -0.122. The number of piperidine rings is 1. The normalized spacial score (nSPS) is 17.5. The first-order valence-electron chi connectivity index (χ1n) is 10.3. The predicted molar refractivity (Wildman–Crippen MR) is 119 cm³/mol. The van der Waals surface area contributed by atoms with Crippen molar-refractivity contribution in [2.24, 2.45) is 11.3 Å². The molecule has 1 aliphatic heterocycles. The van der Waals surface area contributed by atoms with Crippen LogP contribution < -0.4 is 10.6 Å². The van der Waals surface area contributed by atoms with Gasteiger partial charge in [-0.2, -0.15) is 0 Å². The molecule has 1 saturated heterocycles. The Hall–Kier alpha value is -0.810. The van der Waals surface area contributed by atoms with Gasteiger partial charge in [-0.15, -0.1) is 0 Å². The van der Waals surface area contributed by atoms with E-state index in [0.29, 0.717) is 35.0 Å². The Balaban J connectivity index is 1.73. The highest BCUT2D eigenvalue weighted by molar-refractivity contribution is 6.34. The van der Waals surface area contributed by atoms with Crippen LogP contribution in [0.2, 0.25) is 10.0 Å². The lowest BCUT2D eigenvalue weighted by atomic mass is 9.85. The molecule has 1 fully saturated rings. The number of hydrogen-bond acceptors (Lipinski definition) is 3. The summed E-state index contributed by atoms with van der Waals surface area (Å²) in [5.41, 5.74) is 1.17. The van der Waals surface area contributed by atoms with Crippen molar-refractivity contribution in [3.63, 3.8) is 0 Å². The van der Waals surface area contributed by atoms with Crippen LogP contribution in [0.5, 0.6) is 0 Å². The summed E-state index contributed by atoms with van der Waals surface area (Å²) in [6.07, 6.45) is 2.76. The molecule has 0 aromatic heterocycles. The summed E-state index contributed by atoms with van der Waals surface area (Å²) in [5.74, 6) is 0.571. The third-order valence-corrected chi connectivity index (χ3v) is 5.97. The molecule has 4 nitrogen and oxygen atoms in total. The number of carbonyl (C=O) groups excluding carboxylic acids is 1. The van der Waals surface area contributed by atoms with Gasteiger partial charge in [-0.1, -0.05) is 50.9 Å². The standard InChI is InChI=1S/C22H35Cl2N3O/c1-5-25-20(22(2,3)4)15-27-8-6-16(7-9-27)12-21(28)26-14-17-10-18(23)13-19(24)11-17/h10-11,13,16,20,25H,5-9,12,14-15H2,1-4H3,(H,26,28). The quantitative estimate of drug-likeness (QED) is 0.629. The summed E-state index contributed by atoms with van der Waals surface area (Å²) < 4.78 is 0. The van der Waals surface area contributed by atoms with Gasteiger partial charge < -0.3 is 15.5 Å². The number of likely N-dealkylation sites (N-methyl/N-ethyl adjacent to an activating group) is 1. The molecule has 0 aliphatic carbocycles. The highest BCUT2D eigenvalue weighted by Crippen LogP contribution is 2.25. The number of halogens is 2. The Labute approximate surface area is 180 Å². The van der Waals surface area contributed by atoms with Crippen LogP contribution in [0.3, 0.4) is 0 Å². The van der Waals surface area contributed by atoms with Gasteiger partial charge in [0, 0.05) is 35.6 Å². The van der Waals surface area contributed by atoms with E-state index in [1.165, 1.54) is 0 Å². The van der Waals surface area contributed by atoms with E-state index in [4.69, 9.17) is 23.2 Å². The number of amides is 1. The van der Waals surface area contributed by atoms with Crippen molar-refractivity contribution < 1.29 is 4.79 Å². The Morgan fingerprint density at radius 3 is 2.32 bits per heavy atom. The maximum Gasteiger partial charge on any atom is 0.220 e. The van der Waals surface area contributed by atoms with Gasteiger partial charge in [0.2, 0.25) is 5.91 Å². The van der Waals surface area contributed by atoms with E-state index in [0.717, 1.165) is 44.6 Å². The summed E-state index contributed by atoms with van der Waals surface area (Å²) in [7, 11) is 0. The van der Waals surface area contributed by atoms with Crippen molar-refractivity contribution in [3.05, 3.63) is 33.8 Å².